The first kappa shape index (κ1) is 17.2. The highest BCUT2D eigenvalue weighted by Crippen LogP contribution is 2.28. The Morgan fingerprint density at radius 1 is 1.33 bits per heavy atom. The number of aliphatic hydroxyl groups is 1. The predicted octanol–water partition coefficient (Wildman–Crippen LogP) is 3.55. The molecule has 1 N–H and O–H groups in total. The maximum Gasteiger partial charge on any atom is 0.0816 e. The van der Waals surface area contributed by atoms with Crippen molar-refractivity contribution in [2.45, 2.75) is 25.4 Å². The van der Waals surface area contributed by atoms with Crippen LogP contribution in [0, 0.1) is 0 Å². The number of likely N-dealkylation sites (tertiary alicyclic amines) is 1. The molecule has 1 aliphatic heterocycles. The topological polar surface area (TPSA) is 26.7 Å². The highest BCUT2D eigenvalue weighted by atomic mass is 79.9. The predicted molar refractivity (Wildman–Crippen MR) is 91.9 cm³/mol. The number of aliphatic hydroxyl groups excluding tert-OH is 1. The maximum atomic E-state index is 10.3. The van der Waals surface area contributed by atoms with Crippen molar-refractivity contribution in [3.63, 3.8) is 0 Å². The van der Waals surface area contributed by atoms with Gasteiger partial charge in [-0.15, -0.1) is 0 Å². The van der Waals surface area contributed by atoms with Gasteiger partial charge in [-0.1, -0.05) is 33.6 Å². The van der Waals surface area contributed by atoms with E-state index in [1.807, 2.05) is 18.2 Å². The standard InChI is InChI=1S/C16H24BrClN2O/c1-19(10-11-20-7-2-3-8-20)9-6-16(21)14-5-4-13(17)12-15(14)18/h4-5,12,16,21H,2-3,6-11H2,1H3. The molecule has 1 unspecified atom stereocenters. The highest BCUT2D eigenvalue weighted by Gasteiger charge is 2.14. The zero-order chi connectivity index (χ0) is 15.2. The summed E-state index contributed by atoms with van der Waals surface area (Å²) >= 11 is 9.56. The van der Waals surface area contributed by atoms with Gasteiger partial charge in [-0.05, 0) is 57.1 Å². The molecule has 0 saturated carbocycles. The summed E-state index contributed by atoms with van der Waals surface area (Å²) in [5, 5.41) is 10.9. The fourth-order valence-corrected chi connectivity index (χ4v) is 3.50. The maximum absolute atomic E-state index is 10.3. The van der Waals surface area contributed by atoms with Gasteiger partial charge in [0.2, 0.25) is 0 Å². The molecule has 21 heavy (non-hydrogen) atoms. The molecule has 3 nitrogen and oxygen atoms in total. The van der Waals surface area contributed by atoms with E-state index in [9.17, 15) is 5.11 Å². The van der Waals surface area contributed by atoms with Crippen LogP contribution in [0.5, 0.6) is 0 Å². The number of benzene rings is 1. The minimum atomic E-state index is -0.500. The van der Waals surface area contributed by atoms with Crippen LogP contribution in [0.1, 0.15) is 30.9 Å². The molecule has 0 bridgehead atoms. The van der Waals surface area contributed by atoms with Crippen LogP contribution >= 0.6 is 27.5 Å². The van der Waals surface area contributed by atoms with Gasteiger partial charge < -0.3 is 14.9 Å². The van der Waals surface area contributed by atoms with Gasteiger partial charge in [-0.3, -0.25) is 0 Å². The Morgan fingerprint density at radius 2 is 2.05 bits per heavy atom. The van der Waals surface area contributed by atoms with E-state index in [0.29, 0.717) is 11.4 Å². The lowest BCUT2D eigenvalue weighted by molar-refractivity contribution is 0.145. The molecule has 0 radical (unpaired) electrons. The molecule has 118 valence electrons. The quantitative estimate of drug-likeness (QED) is 0.789. The van der Waals surface area contributed by atoms with Crippen molar-refractivity contribution in [1.82, 2.24) is 9.80 Å². The second-order valence-corrected chi connectivity index (χ2v) is 7.15. The highest BCUT2D eigenvalue weighted by molar-refractivity contribution is 9.10. The van der Waals surface area contributed by atoms with Gasteiger partial charge in [0, 0.05) is 29.1 Å². The average Bonchev–Trinajstić information content (AvgIpc) is 2.95. The van der Waals surface area contributed by atoms with E-state index in [0.717, 1.165) is 29.7 Å². The first-order valence-corrected chi connectivity index (χ1v) is 8.77. The number of nitrogens with zero attached hydrogens (tertiary/aromatic N) is 2. The molecule has 5 heteroatoms. The molecule has 1 aromatic rings. The normalized spacial score (nSPS) is 17.6. The van der Waals surface area contributed by atoms with Gasteiger partial charge in [-0.25, -0.2) is 0 Å². The summed E-state index contributed by atoms with van der Waals surface area (Å²) < 4.78 is 0.936. The first-order chi connectivity index (χ1) is 10.1. The third-order valence-corrected chi connectivity index (χ3v) is 4.92. The Bertz CT molecular complexity index is 452. The monoisotopic (exact) mass is 374 g/mol. The molecule has 1 aliphatic rings. The van der Waals surface area contributed by atoms with Gasteiger partial charge in [0.1, 0.15) is 0 Å². The Kier molecular flexibility index (Phi) is 6.96. The lowest BCUT2D eigenvalue weighted by atomic mass is 10.1. The second-order valence-electron chi connectivity index (χ2n) is 5.82. The van der Waals surface area contributed by atoms with Crippen LogP contribution < -0.4 is 0 Å². The third-order valence-electron chi connectivity index (χ3n) is 4.10. The Labute approximate surface area is 141 Å². The molecule has 0 spiro atoms. The van der Waals surface area contributed by atoms with E-state index >= 15 is 0 Å². The first-order valence-electron chi connectivity index (χ1n) is 7.60. The summed E-state index contributed by atoms with van der Waals surface area (Å²) in [7, 11) is 2.12. The van der Waals surface area contributed by atoms with Crippen LogP contribution in [0.4, 0.5) is 0 Å². The second kappa shape index (κ2) is 8.49. The van der Waals surface area contributed by atoms with Crippen molar-refractivity contribution >= 4 is 27.5 Å². The van der Waals surface area contributed by atoms with Gasteiger partial charge in [0.25, 0.3) is 0 Å². The van der Waals surface area contributed by atoms with E-state index < -0.39 is 6.10 Å². The van der Waals surface area contributed by atoms with Crippen molar-refractivity contribution in [3.05, 3.63) is 33.3 Å². The van der Waals surface area contributed by atoms with E-state index in [1.54, 1.807) is 0 Å². The van der Waals surface area contributed by atoms with E-state index in [-0.39, 0.29) is 0 Å². The molecule has 0 aromatic heterocycles. The molecular formula is C16H24BrClN2O. The Morgan fingerprint density at radius 3 is 2.71 bits per heavy atom. The van der Waals surface area contributed by atoms with Gasteiger partial charge in [0.05, 0.1) is 6.10 Å². The van der Waals surface area contributed by atoms with Crippen molar-refractivity contribution in [1.29, 1.82) is 0 Å². The van der Waals surface area contributed by atoms with Crippen molar-refractivity contribution in [2.75, 3.05) is 39.8 Å². The van der Waals surface area contributed by atoms with Crippen LogP contribution in [0.2, 0.25) is 5.02 Å². The lowest BCUT2D eigenvalue weighted by Gasteiger charge is -2.22. The number of halogens is 2. The number of hydrogen-bond donors (Lipinski definition) is 1. The smallest absolute Gasteiger partial charge is 0.0816 e. The number of rotatable bonds is 7. The lowest BCUT2D eigenvalue weighted by Crippen LogP contribution is -2.32. The number of likely N-dealkylation sites (N-methyl/N-ethyl adjacent to an activating group) is 1. The Balaban J connectivity index is 1.73. The number of hydrogen-bond acceptors (Lipinski definition) is 3. The zero-order valence-electron chi connectivity index (χ0n) is 12.6. The molecule has 1 aromatic carbocycles. The van der Waals surface area contributed by atoms with Crippen LogP contribution in [0.3, 0.4) is 0 Å². The summed E-state index contributed by atoms with van der Waals surface area (Å²) in [6, 6.07) is 5.64. The summed E-state index contributed by atoms with van der Waals surface area (Å²) in [5.74, 6) is 0. The van der Waals surface area contributed by atoms with Crippen LogP contribution in [0.25, 0.3) is 0 Å². The van der Waals surface area contributed by atoms with Crippen LogP contribution in [-0.2, 0) is 0 Å². The minimum Gasteiger partial charge on any atom is -0.388 e. The summed E-state index contributed by atoms with van der Waals surface area (Å²) in [6.07, 6.45) is 2.88. The molecule has 2 rings (SSSR count). The molecule has 0 aliphatic carbocycles. The summed E-state index contributed by atoms with van der Waals surface area (Å²) in [5.41, 5.74) is 0.813. The molecule has 0 amide bonds. The molecular weight excluding hydrogens is 352 g/mol. The fraction of sp³-hybridized carbons (Fsp3) is 0.625. The summed E-state index contributed by atoms with van der Waals surface area (Å²) in [4.78, 5) is 4.80. The fourth-order valence-electron chi connectivity index (χ4n) is 2.70. The van der Waals surface area contributed by atoms with Crippen LogP contribution in [0.15, 0.2) is 22.7 Å². The zero-order valence-corrected chi connectivity index (χ0v) is 14.9. The Hall–Kier alpha value is -0.130. The minimum absolute atomic E-state index is 0.500. The summed E-state index contributed by atoms with van der Waals surface area (Å²) in [6.45, 7) is 5.55. The van der Waals surface area contributed by atoms with E-state index in [2.05, 4.69) is 32.8 Å². The van der Waals surface area contributed by atoms with Gasteiger partial charge in [-0.2, -0.15) is 0 Å². The van der Waals surface area contributed by atoms with Crippen LogP contribution in [-0.4, -0.2) is 54.7 Å². The van der Waals surface area contributed by atoms with Crippen molar-refractivity contribution in [2.24, 2.45) is 0 Å². The van der Waals surface area contributed by atoms with Gasteiger partial charge in [0.15, 0.2) is 0 Å². The van der Waals surface area contributed by atoms with E-state index in [4.69, 9.17) is 11.6 Å². The molecule has 1 fully saturated rings. The largest absolute Gasteiger partial charge is 0.388 e. The van der Waals surface area contributed by atoms with Gasteiger partial charge >= 0.3 is 0 Å². The van der Waals surface area contributed by atoms with E-state index in [1.165, 1.54) is 25.9 Å². The SMILES string of the molecule is CN(CCC(O)c1ccc(Br)cc1Cl)CCN1CCCC1. The molecule has 1 saturated heterocycles. The molecule has 1 atom stereocenters. The van der Waals surface area contributed by atoms with Crippen molar-refractivity contribution in [3.8, 4) is 0 Å². The average molecular weight is 376 g/mol. The third kappa shape index (κ3) is 5.53. The van der Waals surface area contributed by atoms with Crippen molar-refractivity contribution < 1.29 is 5.11 Å². The molecule has 1 heterocycles.